The second kappa shape index (κ2) is 5.03. The van der Waals surface area contributed by atoms with Crippen molar-refractivity contribution in [3.8, 4) is 0 Å². The van der Waals surface area contributed by atoms with Crippen molar-refractivity contribution in [2.45, 2.75) is 32.8 Å². The highest BCUT2D eigenvalue weighted by Crippen LogP contribution is 2.30. The summed E-state index contributed by atoms with van der Waals surface area (Å²) in [4.78, 5) is 24.8. The van der Waals surface area contributed by atoms with E-state index in [0.717, 1.165) is 17.5 Å². The molecule has 1 aliphatic rings. The summed E-state index contributed by atoms with van der Waals surface area (Å²) in [5, 5.41) is 0. The molecule has 1 amide bonds. The van der Waals surface area contributed by atoms with E-state index in [9.17, 15) is 9.59 Å². The minimum atomic E-state index is -0.542. The third kappa shape index (κ3) is 3.13. The number of amides is 1. The van der Waals surface area contributed by atoms with E-state index < -0.39 is 11.7 Å². The molecule has 0 spiro atoms. The Kier molecular flexibility index (Phi) is 3.60. The number of carbonyl (C=O) groups excluding carboxylic acids is 2. The van der Waals surface area contributed by atoms with Gasteiger partial charge in [0.1, 0.15) is 11.9 Å². The van der Waals surface area contributed by atoms with Gasteiger partial charge in [0.2, 0.25) is 0 Å². The van der Waals surface area contributed by atoms with Crippen LogP contribution in [-0.4, -0.2) is 24.5 Å². The van der Waals surface area contributed by atoms with Gasteiger partial charge in [-0.15, -0.1) is 0 Å². The Morgan fingerprint density at radius 3 is 2.68 bits per heavy atom. The van der Waals surface area contributed by atoms with E-state index in [1.54, 1.807) is 4.90 Å². The summed E-state index contributed by atoms with van der Waals surface area (Å²) < 4.78 is 5.40. The van der Waals surface area contributed by atoms with Gasteiger partial charge in [0.15, 0.2) is 0 Å². The summed E-state index contributed by atoms with van der Waals surface area (Å²) in [6.07, 6.45) is 1.19. The standard InChI is InChI=1S/C15H19NO3/c1-15(2,3)19-14(18)16-9-11(10-17)8-12-6-4-5-7-13(12)16/h4-7,10-11H,8-9H2,1-3H3. The van der Waals surface area contributed by atoms with Crippen molar-refractivity contribution in [1.82, 2.24) is 0 Å². The molecule has 1 aromatic carbocycles. The number of aldehydes is 1. The maximum absolute atomic E-state index is 12.2. The molecule has 1 heterocycles. The molecule has 0 aromatic heterocycles. The third-order valence-electron chi connectivity index (χ3n) is 2.99. The molecule has 0 aliphatic carbocycles. The first-order valence-corrected chi connectivity index (χ1v) is 6.44. The van der Waals surface area contributed by atoms with Crippen molar-refractivity contribution in [2.24, 2.45) is 5.92 Å². The van der Waals surface area contributed by atoms with Gasteiger partial charge in [0.25, 0.3) is 0 Å². The average molecular weight is 261 g/mol. The molecule has 1 atom stereocenters. The van der Waals surface area contributed by atoms with Crippen molar-refractivity contribution >= 4 is 18.1 Å². The number of hydrogen-bond donors (Lipinski definition) is 0. The number of hydrogen-bond acceptors (Lipinski definition) is 3. The van der Waals surface area contributed by atoms with Crippen molar-refractivity contribution in [3.05, 3.63) is 29.8 Å². The van der Waals surface area contributed by atoms with E-state index >= 15 is 0 Å². The molecule has 4 heteroatoms. The maximum atomic E-state index is 12.2. The highest BCUT2D eigenvalue weighted by atomic mass is 16.6. The van der Waals surface area contributed by atoms with E-state index in [-0.39, 0.29) is 5.92 Å². The molecule has 1 unspecified atom stereocenters. The molecule has 0 saturated heterocycles. The lowest BCUT2D eigenvalue weighted by Gasteiger charge is -2.33. The van der Waals surface area contributed by atoms with Crippen molar-refractivity contribution < 1.29 is 14.3 Å². The van der Waals surface area contributed by atoms with Gasteiger partial charge in [-0.2, -0.15) is 0 Å². The molecule has 0 fully saturated rings. The van der Waals surface area contributed by atoms with Crippen molar-refractivity contribution in [3.63, 3.8) is 0 Å². The SMILES string of the molecule is CC(C)(C)OC(=O)N1CC(C=O)Cc2ccccc21. The summed E-state index contributed by atoms with van der Waals surface area (Å²) in [5.74, 6) is -0.164. The van der Waals surface area contributed by atoms with E-state index in [0.29, 0.717) is 13.0 Å². The molecule has 0 N–H and O–H groups in total. The van der Waals surface area contributed by atoms with Crippen LogP contribution in [0, 0.1) is 5.92 Å². The molecule has 102 valence electrons. The predicted molar refractivity (Wildman–Crippen MR) is 73.3 cm³/mol. The number of anilines is 1. The summed E-state index contributed by atoms with van der Waals surface area (Å²) in [7, 11) is 0. The Hall–Kier alpha value is -1.84. The van der Waals surface area contributed by atoms with Gasteiger partial charge >= 0.3 is 6.09 Å². The van der Waals surface area contributed by atoms with Crippen LogP contribution in [0.5, 0.6) is 0 Å². The molecular formula is C15H19NO3. The minimum absolute atomic E-state index is 0.164. The molecule has 0 radical (unpaired) electrons. The monoisotopic (exact) mass is 261 g/mol. The topological polar surface area (TPSA) is 46.6 Å². The number of fused-ring (bicyclic) bond motifs is 1. The van der Waals surface area contributed by atoms with Gasteiger partial charge < -0.3 is 9.53 Å². The molecule has 4 nitrogen and oxygen atoms in total. The summed E-state index contributed by atoms with van der Waals surface area (Å²) in [6, 6.07) is 7.64. The number of ether oxygens (including phenoxy) is 1. The molecule has 0 bridgehead atoms. The molecule has 2 rings (SSSR count). The molecule has 1 aromatic rings. The lowest BCUT2D eigenvalue weighted by molar-refractivity contribution is -0.110. The smallest absolute Gasteiger partial charge is 0.414 e. The summed E-state index contributed by atoms with van der Waals surface area (Å²) in [6.45, 7) is 5.88. The Balaban J connectivity index is 2.29. The normalized spacial score (nSPS) is 18.7. The van der Waals surface area contributed by atoms with E-state index in [4.69, 9.17) is 4.74 Å². The van der Waals surface area contributed by atoms with Crippen LogP contribution in [0.2, 0.25) is 0 Å². The van der Waals surface area contributed by atoms with E-state index in [1.165, 1.54) is 0 Å². The number of carbonyl (C=O) groups is 2. The van der Waals surface area contributed by atoms with Gasteiger partial charge in [-0.1, -0.05) is 18.2 Å². The number of para-hydroxylation sites is 1. The molecular weight excluding hydrogens is 242 g/mol. The fourth-order valence-electron chi connectivity index (χ4n) is 2.21. The highest BCUT2D eigenvalue weighted by molar-refractivity contribution is 5.90. The summed E-state index contributed by atoms with van der Waals surface area (Å²) in [5.41, 5.74) is 1.31. The molecule has 0 saturated carbocycles. The second-order valence-electron chi connectivity index (χ2n) is 5.82. The number of rotatable bonds is 1. The summed E-state index contributed by atoms with van der Waals surface area (Å²) >= 11 is 0. The lowest BCUT2D eigenvalue weighted by Crippen LogP contribution is -2.43. The van der Waals surface area contributed by atoms with Crippen LogP contribution in [-0.2, 0) is 16.0 Å². The van der Waals surface area contributed by atoms with Gasteiger partial charge in [-0.3, -0.25) is 4.90 Å². The first-order chi connectivity index (χ1) is 8.90. The van der Waals surface area contributed by atoms with Gasteiger partial charge in [0.05, 0.1) is 5.69 Å². The van der Waals surface area contributed by atoms with Crippen molar-refractivity contribution in [2.75, 3.05) is 11.4 Å². The highest BCUT2D eigenvalue weighted by Gasteiger charge is 2.31. The van der Waals surface area contributed by atoms with Crippen LogP contribution in [0.1, 0.15) is 26.3 Å². The lowest BCUT2D eigenvalue weighted by atomic mass is 9.94. The van der Waals surface area contributed by atoms with Crippen LogP contribution in [0.25, 0.3) is 0 Å². The molecule has 1 aliphatic heterocycles. The zero-order valence-corrected chi connectivity index (χ0v) is 11.6. The second-order valence-corrected chi connectivity index (χ2v) is 5.82. The van der Waals surface area contributed by atoms with Crippen LogP contribution in [0.15, 0.2) is 24.3 Å². The quantitative estimate of drug-likeness (QED) is 0.730. The fraction of sp³-hybridized carbons (Fsp3) is 0.467. The number of nitrogens with zero attached hydrogens (tertiary/aromatic N) is 1. The zero-order valence-electron chi connectivity index (χ0n) is 11.6. The third-order valence-corrected chi connectivity index (χ3v) is 2.99. The Bertz CT molecular complexity index is 490. The number of benzene rings is 1. The van der Waals surface area contributed by atoms with Crippen LogP contribution >= 0.6 is 0 Å². The first kappa shape index (κ1) is 13.6. The van der Waals surface area contributed by atoms with Crippen LogP contribution in [0.4, 0.5) is 10.5 Å². The van der Waals surface area contributed by atoms with Gasteiger partial charge in [-0.25, -0.2) is 4.79 Å². The predicted octanol–water partition coefficient (Wildman–Crippen LogP) is 2.80. The van der Waals surface area contributed by atoms with Crippen LogP contribution in [0.3, 0.4) is 0 Å². The maximum Gasteiger partial charge on any atom is 0.414 e. The van der Waals surface area contributed by atoms with Crippen LogP contribution < -0.4 is 4.90 Å². The Labute approximate surface area is 113 Å². The minimum Gasteiger partial charge on any atom is -0.443 e. The first-order valence-electron chi connectivity index (χ1n) is 6.44. The fourth-order valence-corrected chi connectivity index (χ4v) is 2.21. The Morgan fingerprint density at radius 2 is 2.05 bits per heavy atom. The van der Waals surface area contributed by atoms with Crippen molar-refractivity contribution in [1.29, 1.82) is 0 Å². The van der Waals surface area contributed by atoms with Gasteiger partial charge in [-0.05, 0) is 38.8 Å². The van der Waals surface area contributed by atoms with Gasteiger partial charge in [0, 0.05) is 12.5 Å². The average Bonchev–Trinajstić information content (AvgIpc) is 2.35. The molecule has 19 heavy (non-hydrogen) atoms. The van der Waals surface area contributed by atoms with E-state index in [1.807, 2.05) is 45.0 Å². The largest absolute Gasteiger partial charge is 0.443 e. The zero-order chi connectivity index (χ0) is 14.0. The van der Waals surface area contributed by atoms with E-state index in [2.05, 4.69) is 0 Å². The Morgan fingerprint density at radius 1 is 1.37 bits per heavy atom.